The van der Waals surface area contributed by atoms with Gasteiger partial charge in [0, 0.05) is 12.5 Å². The first kappa shape index (κ1) is 13.8. The average Bonchev–Trinajstić information content (AvgIpc) is 2.41. The van der Waals surface area contributed by atoms with Gasteiger partial charge in [-0.1, -0.05) is 32.1 Å². The van der Waals surface area contributed by atoms with Gasteiger partial charge in [-0.25, -0.2) is 4.39 Å². The summed E-state index contributed by atoms with van der Waals surface area (Å²) < 4.78 is 13.4. The van der Waals surface area contributed by atoms with Gasteiger partial charge in [0.05, 0.1) is 5.69 Å². The van der Waals surface area contributed by atoms with Gasteiger partial charge in [0.15, 0.2) is 0 Å². The summed E-state index contributed by atoms with van der Waals surface area (Å²) in [7, 11) is 0. The molecule has 19 heavy (non-hydrogen) atoms. The number of nitrogens with one attached hydrogen (secondary N) is 1. The van der Waals surface area contributed by atoms with Gasteiger partial charge in [0.25, 0.3) is 0 Å². The first-order valence-electron chi connectivity index (χ1n) is 6.93. The number of halogens is 1. The number of amides is 1. The summed E-state index contributed by atoms with van der Waals surface area (Å²) in [6, 6.07) is 3.74. The molecule has 0 spiro atoms. The summed E-state index contributed by atoms with van der Waals surface area (Å²) in [6.07, 6.45) is 7.57. The molecule has 0 heterocycles. The number of hydrogen-bond acceptors (Lipinski definition) is 2. The van der Waals surface area contributed by atoms with Gasteiger partial charge in [0.1, 0.15) is 11.6 Å². The maximum atomic E-state index is 13.4. The van der Waals surface area contributed by atoms with Gasteiger partial charge in [-0.2, -0.15) is 0 Å². The van der Waals surface area contributed by atoms with Crippen LogP contribution in [-0.2, 0) is 4.79 Å². The minimum atomic E-state index is -0.606. The summed E-state index contributed by atoms with van der Waals surface area (Å²) >= 11 is 0. The summed E-state index contributed by atoms with van der Waals surface area (Å²) in [4.78, 5) is 11.8. The standard InChI is InChI=1S/C15H20FNO2/c16-13-10-12(18)7-8-14(13)17-15(19)9-6-11-4-2-1-3-5-11/h7-8,10-11,18H,1-6,9H2,(H,17,19). The van der Waals surface area contributed by atoms with E-state index < -0.39 is 5.82 Å². The van der Waals surface area contributed by atoms with E-state index in [1.54, 1.807) is 0 Å². The Morgan fingerprint density at radius 2 is 2.05 bits per heavy atom. The molecule has 1 saturated carbocycles. The third kappa shape index (κ3) is 4.23. The first-order chi connectivity index (χ1) is 9.15. The van der Waals surface area contributed by atoms with Crippen LogP contribution < -0.4 is 5.32 Å². The molecule has 4 heteroatoms. The van der Waals surface area contributed by atoms with E-state index in [-0.39, 0.29) is 17.3 Å². The van der Waals surface area contributed by atoms with Gasteiger partial charge in [-0.15, -0.1) is 0 Å². The molecule has 1 fully saturated rings. The SMILES string of the molecule is O=C(CCC1CCCCC1)Nc1ccc(O)cc1F. The normalized spacial score (nSPS) is 16.3. The van der Waals surface area contributed by atoms with Crippen LogP contribution in [0.25, 0.3) is 0 Å². The molecular weight excluding hydrogens is 245 g/mol. The molecule has 0 aromatic heterocycles. The Kier molecular flexibility index (Phi) is 4.77. The van der Waals surface area contributed by atoms with Crippen LogP contribution in [0.5, 0.6) is 5.75 Å². The Hall–Kier alpha value is -1.58. The Bertz CT molecular complexity index is 442. The zero-order valence-corrected chi connectivity index (χ0v) is 11.0. The molecule has 104 valence electrons. The van der Waals surface area contributed by atoms with Crippen molar-refractivity contribution in [1.29, 1.82) is 0 Å². The highest BCUT2D eigenvalue weighted by molar-refractivity contribution is 5.90. The number of rotatable bonds is 4. The van der Waals surface area contributed by atoms with Crippen molar-refractivity contribution in [2.75, 3.05) is 5.32 Å². The zero-order chi connectivity index (χ0) is 13.7. The number of phenolic OH excluding ortho intramolecular Hbond substituents is 1. The molecule has 0 unspecified atom stereocenters. The van der Waals surface area contributed by atoms with Crippen molar-refractivity contribution in [3.8, 4) is 5.75 Å². The highest BCUT2D eigenvalue weighted by atomic mass is 19.1. The van der Waals surface area contributed by atoms with Crippen LogP contribution in [0.15, 0.2) is 18.2 Å². The van der Waals surface area contributed by atoms with Crippen molar-refractivity contribution in [3.05, 3.63) is 24.0 Å². The van der Waals surface area contributed by atoms with Crippen LogP contribution in [0.2, 0.25) is 0 Å². The lowest BCUT2D eigenvalue weighted by molar-refractivity contribution is -0.116. The summed E-state index contributed by atoms with van der Waals surface area (Å²) in [5, 5.41) is 11.6. The minimum absolute atomic E-state index is 0.131. The van der Waals surface area contributed by atoms with Crippen LogP contribution >= 0.6 is 0 Å². The van der Waals surface area contributed by atoms with Crippen molar-refractivity contribution in [3.63, 3.8) is 0 Å². The molecule has 1 aliphatic carbocycles. The van der Waals surface area contributed by atoms with E-state index in [0.29, 0.717) is 12.3 Å². The fourth-order valence-corrected chi connectivity index (χ4v) is 2.63. The molecular formula is C15H20FNO2. The summed E-state index contributed by atoms with van der Waals surface area (Å²) in [5.74, 6) is -0.261. The predicted molar refractivity (Wildman–Crippen MR) is 72.5 cm³/mol. The van der Waals surface area contributed by atoms with E-state index in [4.69, 9.17) is 5.11 Å². The maximum Gasteiger partial charge on any atom is 0.224 e. The smallest absolute Gasteiger partial charge is 0.224 e. The third-order valence-electron chi connectivity index (χ3n) is 3.73. The van der Waals surface area contributed by atoms with E-state index in [2.05, 4.69) is 5.32 Å². The zero-order valence-electron chi connectivity index (χ0n) is 11.0. The summed E-state index contributed by atoms with van der Waals surface area (Å²) in [6.45, 7) is 0. The third-order valence-corrected chi connectivity index (χ3v) is 3.73. The second-order valence-corrected chi connectivity index (χ2v) is 5.26. The van der Waals surface area contributed by atoms with Crippen LogP contribution in [0.1, 0.15) is 44.9 Å². The fraction of sp³-hybridized carbons (Fsp3) is 0.533. The van der Waals surface area contributed by atoms with E-state index in [0.717, 1.165) is 12.5 Å². The second-order valence-electron chi connectivity index (χ2n) is 5.26. The topological polar surface area (TPSA) is 49.3 Å². The maximum absolute atomic E-state index is 13.4. The monoisotopic (exact) mass is 265 g/mol. The lowest BCUT2D eigenvalue weighted by Crippen LogP contribution is -2.15. The Morgan fingerprint density at radius 3 is 2.74 bits per heavy atom. The molecule has 0 atom stereocenters. The second kappa shape index (κ2) is 6.55. The van der Waals surface area contributed by atoms with E-state index in [1.807, 2.05) is 0 Å². The van der Waals surface area contributed by atoms with Crippen LogP contribution in [0.4, 0.5) is 10.1 Å². The molecule has 0 bridgehead atoms. The molecule has 0 aliphatic heterocycles. The van der Waals surface area contributed by atoms with Crippen LogP contribution in [0.3, 0.4) is 0 Å². The van der Waals surface area contributed by atoms with Crippen molar-refractivity contribution in [2.45, 2.75) is 44.9 Å². The van der Waals surface area contributed by atoms with E-state index in [1.165, 1.54) is 44.2 Å². The van der Waals surface area contributed by atoms with Crippen molar-refractivity contribution >= 4 is 11.6 Å². The fourth-order valence-electron chi connectivity index (χ4n) is 2.63. The first-order valence-corrected chi connectivity index (χ1v) is 6.93. The van der Waals surface area contributed by atoms with E-state index in [9.17, 15) is 9.18 Å². The van der Waals surface area contributed by atoms with Crippen molar-refractivity contribution in [2.24, 2.45) is 5.92 Å². The quantitative estimate of drug-likeness (QED) is 0.813. The number of anilines is 1. The number of carbonyl (C=O) groups excluding carboxylic acids is 1. The largest absolute Gasteiger partial charge is 0.508 e. The Balaban J connectivity index is 1.80. The molecule has 0 saturated heterocycles. The predicted octanol–water partition coefficient (Wildman–Crippen LogP) is 3.83. The van der Waals surface area contributed by atoms with Gasteiger partial charge < -0.3 is 10.4 Å². The van der Waals surface area contributed by atoms with Gasteiger partial charge >= 0.3 is 0 Å². The molecule has 1 aromatic carbocycles. The molecule has 1 amide bonds. The Labute approximate surface area is 112 Å². The molecule has 1 aliphatic rings. The van der Waals surface area contributed by atoms with E-state index >= 15 is 0 Å². The number of hydrogen-bond donors (Lipinski definition) is 2. The van der Waals surface area contributed by atoms with Crippen LogP contribution in [0, 0.1) is 11.7 Å². The van der Waals surface area contributed by atoms with Crippen LogP contribution in [-0.4, -0.2) is 11.0 Å². The number of phenols is 1. The average molecular weight is 265 g/mol. The highest BCUT2D eigenvalue weighted by Gasteiger charge is 2.15. The molecule has 1 aromatic rings. The lowest BCUT2D eigenvalue weighted by atomic mass is 9.86. The van der Waals surface area contributed by atoms with Gasteiger partial charge in [0.2, 0.25) is 5.91 Å². The number of benzene rings is 1. The highest BCUT2D eigenvalue weighted by Crippen LogP contribution is 2.27. The van der Waals surface area contributed by atoms with Gasteiger partial charge in [-0.3, -0.25) is 4.79 Å². The Morgan fingerprint density at radius 1 is 1.32 bits per heavy atom. The van der Waals surface area contributed by atoms with Crippen molar-refractivity contribution in [1.82, 2.24) is 0 Å². The number of aromatic hydroxyl groups is 1. The van der Waals surface area contributed by atoms with Gasteiger partial charge in [-0.05, 0) is 24.5 Å². The summed E-state index contributed by atoms with van der Waals surface area (Å²) in [5.41, 5.74) is 0.131. The molecule has 3 nitrogen and oxygen atoms in total. The molecule has 2 rings (SSSR count). The lowest BCUT2D eigenvalue weighted by Gasteiger charge is -2.21. The number of carbonyl (C=O) groups is 1. The van der Waals surface area contributed by atoms with Crippen molar-refractivity contribution < 1.29 is 14.3 Å². The molecule has 2 N–H and O–H groups in total. The minimum Gasteiger partial charge on any atom is -0.508 e. The molecule has 0 radical (unpaired) electrons.